The van der Waals surface area contributed by atoms with Gasteiger partial charge in [0.2, 0.25) is 0 Å². The zero-order valence-corrected chi connectivity index (χ0v) is 10.2. The van der Waals surface area contributed by atoms with E-state index in [9.17, 15) is 8.78 Å². The van der Waals surface area contributed by atoms with Gasteiger partial charge in [0.1, 0.15) is 11.6 Å². The lowest BCUT2D eigenvalue weighted by Crippen LogP contribution is -2.09. The van der Waals surface area contributed by atoms with Crippen LogP contribution >= 0.6 is 15.9 Å². The predicted octanol–water partition coefficient (Wildman–Crippen LogP) is 4.59. The van der Waals surface area contributed by atoms with Gasteiger partial charge in [-0.2, -0.15) is 0 Å². The topological polar surface area (TPSA) is 0 Å². The second-order valence-electron chi connectivity index (χ2n) is 4.24. The standard InChI is InChI=1S/C12H13BrF2/c1-2-12(5-6-12)11(13)9-7-8(14)3-4-10(9)15/h3-4,7,11H,2,5-6H2,1H3. The third kappa shape index (κ3) is 1.94. The summed E-state index contributed by atoms with van der Waals surface area (Å²) in [7, 11) is 0. The highest BCUT2D eigenvalue weighted by Crippen LogP contribution is 2.61. The van der Waals surface area contributed by atoms with Gasteiger partial charge in [0.15, 0.2) is 0 Å². The van der Waals surface area contributed by atoms with Crippen molar-refractivity contribution in [2.24, 2.45) is 5.41 Å². The summed E-state index contributed by atoms with van der Waals surface area (Å²) in [5, 5.41) is 0. The van der Waals surface area contributed by atoms with Gasteiger partial charge in [0.05, 0.1) is 0 Å². The third-order valence-corrected chi connectivity index (χ3v) is 4.83. The lowest BCUT2D eigenvalue weighted by molar-refractivity contribution is 0.466. The first-order chi connectivity index (χ1) is 7.09. The van der Waals surface area contributed by atoms with Gasteiger partial charge in [0, 0.05) is 10.4 Å². The van der Waals surface area contributed by atoms with Gasteiger partial charge < -0.3 is 0 Å². The molecule has 1 aromatic rings. The van der Waals surface area contributed by atoms with E-state index in [1.54, 1.807) is 0 Å². The summed E-state index contributed by atoms with van der Waals surface area (Å²) in [5.74, 6) is -0.694. The number of hydrogen-bond donors (Lipinski definition) is 0. The average molecular weight is 275 g/mol. The number of halogens is 3. The molecule has 1 fully saturated rings. The quantitative estimate of drug-likeness (QED) is 0.708. The van der Waals surface area contributed by atoms with Crippen LogP contribution in [0.3, 0.4) is 0 Å². The van der Waals surface area contributed by atoms with E-state index >= 15 is 0 Å². The van der Waals surface area contributed by atoms with E-state index in [1.807, 2.05) is 0 Å². The first kappa shape index (κ1) is 11.1. The summed E-state index contributed by atoms with van der Waals surface area (Å²) in [4.78, 5) is -0.0642. The Kier molecular flexibility index (Phi) is 2.84. The molecule has 0 heterocycles. The Morgan fingerprint density at radius 3 is 2.60 bits per heavy atom. The molecule has 0 amide bonds. The molecule has 82 valence electrons. The van der Waals surface area contributed by atoms with E-state index in [0.29, 0.717) is 5.56 Å². The summed E-state index contributed by atoms with van der Waals surface area (Å²) in [6, 6.07) is 3.65. The molecule has 0 aromatic heterocycles. The van der Waals surface area contributed by atoms with Crippen LogP contribution in [0.5, 0.6) is 0 Å². The van der Waals surface area contributed by atoms with Gasteiger partial charge in [-0.3, -0.25) is 0 Å². The average Bonchev–Trinajstić information content (AvgIpc) is 3.01. The molecule has 1 aromatic carbocycles. The largest absolute Gasteiger partial charge is 0.207 e. The highest BCUT2D eigenvalue weighted by atomic mass is 79.9. The minimum absolute atomic E-state index is 0.0642. The van der Waals surface area contributed by atoms with Gasteiger partial charge in [-0.05, 0) is 42.9 Å². The number of rotatable bonds is 3. The molecule has 0 nitrogen and oxygen atoms in total. The zero-order valence-electron chi connectivity index (χ0n) is 8.56. The van der Waals surface area contributed by atoms with Crippen molar-refractivity contribution in [2.45, 2.75) is 31.0 Å². The summed E-state index contributed by atoms with van der Waals surface area (Å²) in [6.07, 6.45) is 3.18. The fourth-order valence-electron chi connectivity index (χ4n) is 1.99. The fraction of sp³-hybridized carbons (Fsp3) is 0.500. The second kappa shape index (κ2) is 3.85. The zero-order chi connectivity index (χ0) is 11.1. The summed E-state index contributed by atoms with van der Waals surface area (Å²) >= 11 is 3.51. The van der Waals surface area contributed by atoms with E-state index in [2.05, 4.69) is 22.9 Å². The van der Waals surface area contributed by atoms with Crippen LogP contribution < -0.4 is 0 Å². The van der Waals surface area contributed by atoms with E-state index in [4.69, 9.17) is 0 Å². The van der Waals surface area contributed by atoms with Crippen molar-refractivity contribution in [1.29, 1.82) is 0 Å². The monoisotopic (exact) mass is 274 g/mol. The van der Waals surface area contributed by atoms with Crippen LogP contribution in [0, 0.1) is 17.0 Å². The maximum Gasteiger partial charge on any atom is 0.127 e. The molecule has 2 rings (SSSR count). The Morgan fingerprint density at radius 1 is 1.40 bits per heavy atom. The Morgan fingerprint density at radius 2 is 2.07 bits per heavy atom. The van der Waals surface area contributed by atoms with Crippen molar-refractivity contribution in [2.75, 3.05) is 0 Å². The number of hydrogen-bond acceptors (Lipinski definition) is 0. The van der Waals surface area contributed by atoms with Crippen LogP contribution in [0.15, 0.2) is 18.2 Å². The van der Waals surface area contributed by atoms with Crippen LogP contribution in [-0.4, -0.2) is 0 Å². The number of benzene rings is 1. The smallest absolute Gasteiger partial charge is 0.127 e. The molecule has 1 unspecified atom stereocenters. The first-order valence-electron chi connectivity index (χ1n) is 5.18. The van der Waals surface area contributed by atoms with E-state index in [1.165, 1.54) is 12.1 Å². The molecule has 0 bridgehead atoms. The van der Waals surface area contributed by atoms with Gasteiger partial charge in [-0.15, -0.1) is 0 Å². The number of alkyl halides is 1. The van der Waals surface area contributed by atoms with E-state index < -0.39 is 0 Å². The highest BCUT2D eigenvalue weighted by molar-refractivity contribution is 9.09. The maximum atomic E-state index is 13.5. The fourth-order valence-corrected chi connectivity index (χ4v) is 3.12. The Hall–Kier alpha value is -0.440. The molecule has 0 saturated heterocycles. The summed E-state index contributed by atoms with van der Waals surface area (Å²) in [6.45, 7) is 2.10. The van der Waals surface area contributed by atoms with Gasteiger partial charge >= 0.3 is 0 Å². The molecule has 0 N–H and O–H groups in total. The van der Waals surface area contributed by atoms with E-state index in [-0.39, 0.29) is 21.9 Å². The molecular formula is C12H13BrF2. The molecule has 1 aliphatic carbocycles. The van der Waals surface area contributed by atoms with Crippen molar-refractivity contribution in [3.05, 3.63) is 35.4 Å². The van der Waals surface area contributed by atoms with Crippen LogP contribution in [0.4, 0.5) is 8.78 Å². The normalized spacial score (nSPS) is 20.0. The first-order valence-corrected chi connectivity index (χ1v) is 6.10. The summed E-state index contributed by atoms with van der Waals surface area (Å²) < 4.78 is 26.6. The van der Waals surface area contributed by atoms with Crippen molar-refractivity contribution < 1.29 is 8.78 Å². The molecule has 1 saturated carbocycles. The third-order valence-electron chi connectivity index (χ3n) is 3.37. The molecule has 0 aliphatic heterocycles. The maximum absolute atomic E-state index is 13.5. The second-order valence-corrected chi connectivity index (χ2v) is 5.16. The van der Waals surface area contributed by atoms with Gasteiger partial charge in [0.25, 0.3) is 0 Å². The Labute approximate surface area is 96.8 Å². The van der Waals surface area contributed by atoms with Gasteiger partial charge in [-0.25, -0.2) is 8.78 Å². The van der Waals surface area contributed by atoms with Crippen LogP contribution in [-0.2, 0) is 0 Å². The molecule has 0 radical (unpaired) electrons. The van der Waals surface area contributed by atoms with Crippen LogP contribution in [0.25, 0.3) is 0 Å². The van der Waals surface area contributed by atoms with Crippen molar-refractivity contribution in [1.82, 2.24) is 0 Å². The van der Waals surface area contributed by atoms with Gasteiger partial charge in [-0.1, -0.05) is 22.9 Å². The lowest BCUT2D eigenvalue weighted by atomic mass is 9.93. The van der Waals surface area contributed by atoms with Crippen LogP contribution in [0.2, 0.25) is 0 Å². The highest BCUT2D eigenvalue weighted by Gasteiger charge is 2.47. The molecule has 15 heavy (non-hydrogen) atoms. The van der Waals surface area contributed by atoms with Crippen molar-refractivity contribution in [3.8, 4) is 0 Å². The lowest BCUT2D eigenvalue weighted by Gasteiger charge is -2.20. The minimum Gasteiger partial charge on any atom is -0.207 e. The predicted molar refractivity (Wildman–Crippen MR) is 60.0 cm³/mol. The SMILES string of the molecule is CCC1(C(Br)c2cc(F)ccc2F)CC1. The molecule has 1 aliphatic rings. The van der Waals surface area contributed by atoms with Crippen molar-refractivity contribution in [3.63, 3.8) is 0 Å². The molecule has 1 atom stereocenters. The minimum atomic E-state index is -0.372. The van der Waals surface area contributed by atoms with Crippen LogP contribution in [0.1, 0.15) is 36.6 Å². The molecule has 3 heteroatoms. The molecular weight excluding hydrogens is 262 g/mol. The Bertz CT molecular complexity index is 372. The van der Waals surface area contributed by atoms with E-state index in [0.717, 1.165) is 25.3 Å². The van der Waals surface area contributed by atoms with Crippen molar-refractivity contribution >= 4 is 15.9 Å². The molecule has 0 spiro atoms. The summed E-state index contributed by atoms with van der Waals surface area (Å²) in [5.41, 5.74) is 0.601. The Balaban J connectivity index is 2.32.